The Kier molecular flexibility index (Phi) is 3.03. The van der Waals surface area contributed by atoms with Crippen molar-refractivity contribution in [2.24, 2.45) is 33.5 Å². The largest absolute Gasteiger partial charge is 0.290 e. The van der Waals surface area contributed by atoms with Crippen LogP contribution in [0.2, 0.25) is 0 Å². The normalized spacial score (nSPS) is 45.2. The lowest BCUT2D eigenvalue weighted by Gasteiger charge is -2.39. The second kappa shape index (κ2) is 3.84. The minimum atomic E-state index is -1.30. The summed E-state index contributed by atoms with van der Waals surface area (Å²) in [5.41, 5.74) is -3.31. The first-order valence-corrected chi connectivity index (χ1v) is 8.91. The van der Waals surface area contributed by atoms with E-state index >= 15 is 0 Å². The molecule has 4 atom stereocenters. The van der Waals surface area contributed by atoms with Crippen LogP contribution in [0.1, 0.15) is 41.5 Å². The maximum atomic E-state index is 13.1. The minimum absolute atomic E-state index is 0.400. The molecule has 0 bridgehead atoms. The summed E-state index contributed by atoms with van der Waals surface area (Å²) in [4.78, 5) is 26.2. The number of carbonyl (C=O) groups excluding carboxylic acids is 2. The smallest absolute Gasteiger partial charge is 0.209 e. The van der Waals surface area contributed by atoms with E-state index in [0.29, 0.717) is 0 Å². The van der Waals surface area contributed by atoms with Gasteiger partial charge in [0.15, 0.2) is 0 Å². The Hall–Kier alpha value is 0.500. The zero-order chi connectivity index (χ0) is 17.3. The van der Waals surface area contributed by atoms with Crippen molar-refractivity contribution in [2.75, 3.05) is 0 Å². The van der Waals surface area contributed by atoms with Gasteiger partial charge in [0.05, 0.1) is 10.8 Å². The highest BCUT2D eigenvalue weighted by atomic mass is 35.5. The third-order valence-electron chi connectivity index (χ3n) is 6.22. The SMILES string of the molecule is CC(C)(C)[C@]12C(=O)C(=O)[C@@]3(C(C)(C)C)[C@@H]([C@@H]1C2(Cl)Cl)C3(Cl)Cl. The van der Waals surface area contributed by atoms with Gasteiger partial charge in [-0.1, -0.05) is 41.5 Å². The molecule has 0 N–H and O–H groups in total. The molecular weight excluding hydrogens is 366 g/mol. The van der Waals surface area contributed by atoms with E-state index in [9.17, 15) is 9.59 Å². The molecule has 0 amide bonds. The molecular formula is C16H20Cl4O2. The predicted molar refractivity (Wildman–Crippen MR) is 89.6 cm³/mol. The van der Waals surface area contributed by atoms with Crippen molar-refractivity contribution in [1.82, 2.24) is 0 Å². The second-order valence-electron chi connectivity index (χ2n) is 8.98. The van der Waals surface area contributed by atoms with Crippen molar-refractivity contribution in [1.29, 1.82) is 0 Å². The molecule has 3 fully saturated rings. The van der Waals surface area contributed by atoms with Crippen molar-refractivity contribution < 1.29 is 9.59 Å². The predicted octanol–water partition coefficient (Wildman–Crippen LogP) is 4.81. The summed E-state index contributed by atoms with van der Waals surface area (Å²) in [6.07, 6.45) is 0. The Morgan fingerprint density at radius 3 is 1.09 bits per heavy atom. The van der Waals surface area contributed by atoms with Crippen molar-refractivity contribution in [3.8, 4) is 0 Å². The first-order chi connectivity index (χ1) is 9.55. The summed E-state index contributed by atoms with van der Waals surface area (Å²) >= 11 is 26.2. The highest BCUT2D eigenvalue weighted by molar-refractivity contribution is 6.63. The first kappa shape index (κ1) is 17.3. The van der Waals surface area contributed by atoms with Crippen LogP contribution in [-0.2, 0) is 9.59 Å². The maximum Gasteiger partial charge on any atom is 0.209 e. The second-order valence-corrected chi connectivity index (χ2v) is 11.7. The number of fused-ring (bicyclic) bond motifs is 3. The molecule has 3 aliphatic rings. The molecule has 0 spiro atoms. The molecule has 3 saturated carbocycles. The van der Waals surface area contributed by atoms with Crippen LogP contribution in [0.3, 0.4) is 0 Å². The van der Waals surface area contributed by atoms with Crippen LogP contribution in [0.15, 0.2) is 0 Å². The Morgan fingerprint density at radius 2 is 0.909 bits per heavy atom. The molecule has 0 aromatic rings. The first-order valence-electron chi connectivity index (χ1n) is 7.40. The van der Waals surface area contributed by atoms with Crippen molar-refractivity contribution in [3.05, 3.63) is 0 Å². The standard InChI is InChI=1S/C16H20Cl4O2/c1-11(2,3)13-7(15(13,17)18)8-14(12(4,5)6,16(8,19)20)10(22)9(13)21/h7-8H,1-6H3/t7-,8+,13-,14-/m1/s1. The Bertz CT molecular complexity index is 557. The quantitative estimate of drug-likeness (QED) is 0.442. The van der Waals surface area contributed by atoms with Crippen LogP contribution in [0.5, 0.6) is 0 Å². The number of halogens is 4. The molecule has 3 aliphatic carbocycles. The van der Waals surface area contributed by atoms with Crippen LogP contribution >= 0.6 is 46.4 Å². The van der Waals surface area contributed by atoms with Crippen LogP contribution in [-0.4, -0.2) is 20.2 Å². The number of ketones is 2. The van der Waals surface area contributed by atoms with Gasteiger partial charge in [-0.05, 0) is 10.8 Å². The maximum absolute atomic E-state index is 13.1. The Labute approximate surface area is 151 Å². The van der Waals surface area contributed by atoms with Crippen molar-refractivity contribution >= 4 is 58.0 Å². The molecule has 0 aliphatic heterocycles. The number of hydrogen-bond donors (Lipinski definition) is 0. The van der Waals surface area contributed by atoms with Crippen molar-refractivity contribution in [2.45, 2.75) is 50.2 Å². The Balaban J connectivity index is 2.26. The minimum Gasteiger partial charge on any atom is -0.290 e. The summed E-state index contributed by atoms with van der Waals surface area (Å²) in [6.45, 7) is 11.3. The van der Waals surface area contributed by atoms with Gasteiger partial charge in [-0.2, -0.15) is 0 Å². The highest BCUT2D eigenvalue weighted by Gasteiger charge is 3.01. The number of carbonyl (C=O) groups is 2. The number of alkyl halides is 4. The van der Waals surface area contributed by atoms with E-state index in [1.165, 1.54) is 0 Å². The molecule has 0 radical (unpaired) electrons. The zero-order valence-corrected chi connectivity index (χ0v) is 16.5. The summed E-state index contributed by atoms with van der Waals surface area (Å²) in [5.74, 6) is -1.82. The van der Waals surface area contributed by atoms with Crippen molar-refractivity contribution in [3.63, 3.8) is 0 Å². The van der Waals surface area contributed by atoms with Gasteiger partial charge in [0.1, 0.15) is 8.67 Å². The Morgan fingerprint density at radius 1 is 0.682 bits per heavy atom. The molecule has 0 unspecified atom stereocenters. The molecule has 6 heteroatoms. The van der Waals surface area contributed by atoms with Gasteiger partial charge in [-0.15, -0.1) is 46.4 Å². The van der Waals surface area contributed by atoms with E-state index in [-0.39, 0.29) is 0 Å². The molecule has 0 aromatic carbocycles. The highest BCUT2D eigenvalue weighted by Crippen LogP contribution is 2.93. The van der Waals surface area contributed by atoms with E-state index < -0.39 is 53.7 Å². The molecule has 0 aromatic heterocycles. The van der Waals surface area contributed by atoms with Crippen LogP contribution < -0.4 is 0 Å². The van der Waals surface area contributed by atoms with Gasteiger partial charge in [-0.25, -0.2) is 0 Å². The fraction of sp³-hybridized carbons (Fsp3) is 0.875. The molecule has 22 heavy (non-hydrogen) atoms. The van der Waals surface area contributed by atoms with E-state index in [1.54, 1.807) is 0 Å². The third kappa shape index (κ3) is 1.33. The average molecular weight is 386 g/mol. The lowest BCUT2D eigenvalue weighted by molar-refractivity contribution is -0.151. The summed E-state index contributed by atoms with van der Waals surface area (Å²) in [6, 6.07) is 0. The fourth-order valence-electron chi connectivity index (χ4n) is 5.34. The number of Topliss-reactive ketones (excluding diaryl/α,β-unsaturated/α-hetero) is 2. The van der Waals surface area contributed by atoms with E-state index in [1.807, 2.05) is 41.5 Å². The number of rotatable bonds is 0. The van der Waals surface area contributed by atoms with Gasteiger partial charge in [-0.3, -0.25) is 9.59 Å². The van der Waals surface area contributed by atoms with Gasteiger partial charge in [0, 0.05) is 11.8 Å². The van der Waals surface area contributed by atoms with Crippen LogP contribution in [0.25, 0.3) is 0 Å². The molecule has 0 heterocycles. The lowest BCUT2D eigenvalue weighted by Crippen LogP contribution is -2.50. The molecule has 3 rings (SSSR count). The molecule has 124 valence electrons. The van der Waals surface area contributed by atoms with Gasteiger partial charge < -0.3 is 0 Å². The van der Waals surface area contributed by atoms with Gasteiger partial charge in [0.25, 0.3) is 0 Å². The molecule has 0 saturated heterocycles. The monoisotopic (exact) mass is 384 g/mol. The fourth-order valence-corrected chi connectivity index (χ4v) is 8.22. The van der Waals surface area contributed by atoms with Gasteiger partial charge in [0.2, 0.25) is 11.6 Å². The van der Waals surface area contributed by atoms with E-state index in [4.69, 9.17) is 46.4 Å². The summed E-state index contributed by atoms with van der Waals surface area (Å²) in [7, 11) is 0. The van der Waals surface area contributed by atoms with E-state index in [2.05, 4.69) is 0 Å². The third-order valence-corrected chi connectivity index (χ3v) is 8.35. The summed E-state index contributed by atoms with van der Waals surface area (Å²) in [5, 5.41) is 0. The lowest BCUT2D eigenvalue weighted by atomic mass is 9.62. The summed E-state index contributed by atoms with van der Waals surface area (Å²) < 4.78 is -2.61. The number of hydrogen-bond acceptors (Lipinski definition) is 2. The molecule has 2 nitrogen and oxygen atoms in total. The topological polar surface area (TPSA) is 34.1 Å². The van der Waals surface area contributed by atoms with E-state index in [0.717, 1.165) is 0 Å². The van der Waals surface area contributed by atoms with Crippen LogP contribution in [0, 0.1) is 33.5 Å². The average Bonchev–Trinajstić information content (AvgIpc) is 2.99. The zero-order valence-electron chi connectivity index (χ0n) is 13.5. The van der Waals surface area contributed by atoms with Crippen LogP contribution in [0.4, 0.5) is 0 Å². The van der Waals surface area contributed by atoms with Gasteiger partial charge >= 0.3 is 0 Å².